The molecular weight excluding hydrogens is 286 g/mol. The lowest BCUT2D eigenvalue weighted by Crippen LogP contribution is -2.37. The standard InChI is InChI=1S/C15H15N3O4/c1-22-15(19)12-7-4-8-17(12)14-11-6-3-2-5-10(11)13(9-16-14)18(20)21/h2-3,5-6,9,12H,4,7-8H2,1H3. The molecule has 1 aromatic heterocycles. The van der Waals surface area contributed by atoms with Crippen LogP contribution in [-0.4, -0.2) is 35.6 Å². The zero-order valence-corrected chi connectivity index (χ0v) is 12.1. The number of methoxy groups -OCH3 is 1. The first-order valence-electron chi connectivity index (χ1n) is 7.00. The summed E-state index contributed by atoms with van der Waals surface area (Å²) in [5, 5.41) is 12.3. The van der Waals surface area contributed by atoms with Gasteiger partial charge in [0.25, 0.3) is 5.69 Å². The Morgan fingerprint density at radius 3 is 2.82 bits per heavy atom. The van der Waals surface area contributed by atoms with Crippen molar-refractivity contribution in [1.29, 1.82) is 0 Å². The van der Waals surface area contributed by atoms with Crippen LogP contribution < -0.4 is 4.90 Å². The van der Waals surface area contributed by atoms with Gasteiger partial charge in [0.2, 0.25) is 0 Å². The molecule has 7 nitrogen and oxygen atoms in total. The number of aromatic nitrogens is 1. The van der Waals surface area contributed by atoms with Gasteiger partial charge in [-0.1, -0.05) is 18.2 Å². The van der Waals surface area contributed by atoms with Crippen LogP contribution in [0.2, 0.25) is 0 Å². The minimum Gasteiger partial charge on any atom is -0.467 e. The van der Waals surface area contributed by atoms with Gasteiger partial charge in [0.05, 0.1) is 17.4 Å². The van der Waals surface area contributed by atoms with Crippen molar-refractivity contribution in [3.05, 3.63) is 40.6 Å². The van der Waals surface area contributed by atoms with E-state index in [-0.39, 0.29) is 17.7 Å². The maximum absolute atomic E-state index is 11.9. The molecule has 1 aliphatic heterocycles. The molecule has 1 fully saturated rings. The van der Waals surface area contributed by atoms with E-state index in [1.165, 1.54) is 13.3 Å². The fraction of sp³-hybridized carbons (Fsp3) is 0.333. The van der Waals surface area contributed by atoms with Gasteiger partial charge < -0.3 is 9.64 Å². The van der Waals surface area contributed by atoms with E-state index in [1.807, 2.05) is 4.90 Å². The Bertz CT molecular complexity index is 747. The summed E-state index contributed by atoms with van der Waals surface area (Å²) in [7, 11) is 1.36. The minimum atomic E-state index is -0.444. The zero-order valence-electron chi connectivity index (χ0n) is 12.1. The van der Waals surface area contributed by atoms with Gasteiger partial charge in [-0.15, -0.1) is 0 Å². The average molecular weight is 301 g/mol. The zero-order chi connectivity index (χ0) is 15.7. The Morgan fingerprint density at radius 1 is 1.41 bits per heavy atom. The van der Waals surface area contributed by atoms with Gasteiger partial charge in [-0.25, -0.2) is 9.78 Å². The van der Waals surface area contributed by atoms with Crippen molar-refractivity contribution in [2.24, 2.45) is 0 Å². The van der Waals surface area contributed by atoms with E-state index in [1.54, 1.807) is 24.3 Å². The maximum Gasteiger partial charge on any atom is 0.328 e. The van der Waals surface area contributed by atoms with Gasteiger partial charge in [-0.3, -0.25) is 10.1 Å². The van der Waals surface area contributed by atoms with Gasteiger partial charge in [-0.05, 0) is 18.9 Å². The molecule has 1 aliphatic rings. The van der Waals surface area contributed by atoms with Crippen molar-refractivity contribution >= 4 is 28.2 Å². The number of carbonyl (C=O) groups is 1. The molecule has 2 aromatic rings. The fourth-order valence-electron chi connectivity index (χ4n) is 2.94. The molecule has 0 aliphatic carbocycles. The van der Waals surface area contributed by atoms with Crippen molar-refractivity contribution in [3.8, 4) is 0 Å². The van der Waals surface area contributed by atoms with Crippen LogP contribution in [-0.2, 0) is 9.53 Å². The minimum absolute atomic E-state index is 0.0341. The summed E-state index contributed by atoms with van der Waals surface area (Å²) in [6, 6.07) is 6.66. The predicted octanol–water partition coefficient (Wildman–Crippen LogP) is 2.28. The van der Waals surface area contributed by atoms with Gasteiger partial charge in [0.15, 0.2) is 0 Å². The molecule has 0 saturated carbocycles. The second-order valence-corrected chi connectivity index (χ2v) is 5.14. The highest BCUT2D eigenvalue weighted by molar-refractivity contribution is 5.99. The molecule has 1 atom stereocenters. The van der Waals surface area contributed by atoms with Crippen LogP contribution in [0.25, 0.3) is 10.8 Å². The van der Waals surface area contributed by atoms with Crippen molar-refractivity contribution in [1.82, 2.24) is 4.98 Å². The van der Waals surface area contributed by atoms with E-state index in [4.69, 9.17) is 4.74 Å². The second kappa shape index (κ2) is 5.59. The van der Waals surface area contributed by atoms with Crippen LogP contribution in [0.1, 0.15) is 12.8 Å². The smallest absolute Gasteiger partial charge is 0.328 e. The van der Waals surface area contributed by atoms with E-state index in [9.17, 15) is 14.9 Å². The molecule has 0 N–H and O–H groups in total. The number of nitrogens with zero attached hydrogens (tertiary/aromatic N) is 3. The molecule has 7 heteroatoms. The Balaban J connectivity index is 2.14. The number of hydrogen-bond acceptors (Lipinski definition) is 6. The molecule has 114 valence electrons. The SMILES string of the molecule is COC(=O)C1CCCN1c1ncc([N+](=O)[O-])c2ccccc12. The molecule has 0 radical (unpaired) electrons. The summed E-state index contributed by atoms with van der Waals surface area (Å²) >= 11 is 0. The van der Waals surface area contributed by atoms with Crippen molar-refractivity contribution < 1.29 is 14.5 Å². The number of benzene rings is 1. The molecular formula is C15H15N3O4. The van der Waals surface area contributed by atoms with Crippen LogP contribution >= 0.6 is 0 Å². The summed E-state index contributed by atoms with van der Waals surface area (Å²) in [6.07, 6.45) is 2.80. The fourth-order valence-corrected chi connectivity index (χ4v) is 2.94. The van der Waals surface area contributed by atoms with Crippen molar-refractivity contribution in [2.75, 3.05) is 18.6 Å². The number of pyridine rings is 1. The predicted molar refractivity (Wildman–Crippen MR) is 80.8 cm³/mol. The number of nitro groups is 1. The Labute approximate surface area is 126 Å². The highest BCUT2D eigenvalue weighted by Gasteiger charge is 2.34. The van der Waals surface area contributed by atoms with Gasteiger partial charge in [0.1, 0.15) is 18.1 Å². The Morgan fingerprint density at radius 2 is 2.14 bits per heavy atom. The average Bonchev–Trinajstić information content (AvgIpc) is 3.02. The third-order valence-corrected chi connectivity index (χ3v) is 3.95. The summed E-state index contributed by atoms with van der Waals surface area (Å²) < 4.78 is 4.84. The summed E-state index contributed by atoms with van der Waals surface area (Å²) in [5.41, 5.74) is -0.0341. The maximum atomic E-state index is 11.9. The molecule has 0 spiro atoms. The quantitative estimate of drug-likeness (QED) is 0.491. The summed E-state index contributed by atoms with van der Waals surface area (Å²) in [5.74, 6) is 0.288. The first-order valence-corrected chi connectivity index (χ1v) is 7.00. The van der Waals surface area contributed by atoms with Crippen LogP contribution in [0.3, 0.4) is 0 Å². The van der Waals surface area contributed by atoms with E-state index >= 15 is 0 Å². The number of fused-ring (bicyclic) bond motifs is 1. The highest BCUT2D eigenvalue weighted by atomic mass is 16.6. The lowest BCUT2D eigenvalue weighted by atomic mass is 10.1. The molecule has 1 saturated heterocycles. The summed E-state index contributed by atoms with van der Waals surface area (Å²) in [4.78, 5) is 28.7. The van der Waals surface area contributed by atoms with Crippen LogP contribution in [0.15, 0.2) is 30.5 Å². The number of anilines is 1. The van der Waals surface area contributed by atoms with Crippen LogP contribution in [0.5, 0.6) is 0 Å². The van der Waals surface area contributed by atoms with Gasteiger partial charge in [0, 0.05) is 11.9 Å². The summed E-state index contributed by atoms with van der Waals surface area (Å²) in [6.45, 7) is 0.675. The molecule has 0 bridgehead atoms. The molecule has 1 unspecified atom stereocenters. The highest BCUT2D eigenvalue weighted by Crippen LogP contribution is 2.34. The lowest BCUT2D eigenvalue weighted by Gasteiger charge is -2.24. The second-order valence-electron chi connectivity index (χ2n) is 5.14. The van der Waals surface area contributed by atoms with Crippen molar-refractivity contribution in [3.63, 3.8) is 0 Å². The van der Waals surface area contributed by atoms with Gasteiger partial charge >= 0.3 is 5.97 Å². The third-order valence-electron chi connectivity index (χ3n) is 3.95. The molecule has 2 heterocycles. The van der Waals surface area contributed by atoms with E-state index in [2.05, 4.69) is 4.98 Å². The topological polar surface area (TPSA) is 85.6 Å². The van der Waals surface area contributed by atoms with E-state index < -0.39 is 4.92 Å². The van der Waals surface area contributed by atoms with Gasteiger partial charge in [-0.2, -0.15) is 0 Å². The van der Waals surface area contributed by atoms with Crippen molar-refractivity contribution in [2.45, 2.75) is 18.9 Å². The Kier molecular flexibility index (Phi) is 3.62. The first-order chi connectivity index (χ1) is 10.6. The molecule has 1 aromatic carbocycles. The number of carbonyl (C=O) groups excluding carboxylic acids is 1. The molecule has 0 amide bonds. The monoisotopic (exact) mass is 301 g/mol. The molecule has 22 heavy (non-hydrogen) atoms. The normalized spacial score (nSPS) is 17.7. The number of esters is 1. The molecule has 3 rings (SSSR count). The number of ether oxygens (including phenoxy) is 1. The van der Waals surface area contributed by atoms with Crippen LogP contribution in [0.4, 0.5) is 11.5 Å². The number of hydrogen-bond donors (Lipinski definition) is 0. The Hall–Kier alpha value is -2.70. The van der Waals surface area contributed by atoms with E-state index in [0.29, 0.717) is 29.6 Å². The third kappa shape index (κ3) is 2.24. The lowest BCUT2D eigenvalue weighted by molar-refractivity contribution is -0.383. The van der Waals surface area contributed by atoms with Crippen LogP contribution in [0, 0.1) is 10.1 Å². The first kappa shape index (κ1) is 14.2. The van der Waals surface area contributed by atoms with E-state index in [0.717, 1.165) is 6.42 Å². The largest absolute Gasteiger partial charge is 0.467 e. The number of rotatable bonds is 3.